The first kappa shape index (κ1) is 9.71. The Balaban J connectivity index is 2.25. The fraction of sp³-hybridized carbons (Fsp3) is 0.133. The number of aromatic amines is 1. The lowest BCUT2D eigenvalue weighted by Crippen LogP contribution is -1.79. The molecule has 0 amide bonds. The van der Waals surface area contributed by atoms with Gasteiger partial charge in [0.2, 0.25) is 0 Å². The summed E-state index contributed by atoms with van der Waals surface area (Å²) < 4.78 is 5.91. The summed E-state index contributed by atoms with van der Waals surface area (Å²) in [5.41, 5.74) is 6.97. The highest BCUT2D eigenvalue weighted by atomic mass is 16.3. The van der Waals surface area contributed by atoms with Crippen LogP contribution in [0.5, 0.6) is 0 Å². The smallest absolute Gasteiger partial charge is 0.164 e. The molecule has 0 spiro atoms. The summed E-state index contributed by atoms with van der Waals surface area (Å²) in [5.74, 6) is 0. The molecule has 88 valence electrons. The minimum Gasteiger partial charge on any atom is -0.452 e. The molecule has 4 rings (SSSR count). The predicted molar refractivity (Wildman–Crippen MR) is 72.8 cm³/mol. The van der Waals surface area contributed by atoms with Gasteiger partial charge in [0, 0.05) is 11.1 Å². The first-order valence-corrected chi connectivity index (χ1v) is 6.00. The molecule has 0 fully saturated rings. The monoisotopic (exact) mass is 236 g/mol. The molecule has 4 aromatic rings. The standard InChI is InChI=1S/C15H12N2O/c1-8-3-5-10-11(7-8)17-14-13-12(18-15(10)14)6-4-9(2)16-13/h3-7,16H,1-2H3. The molecule has 0 aliphatic rings. The SMILES string of the molecule is Cc1ccc2c(c1)nc1c3[nH]c(C)ccc3oc21. The average Bonchev–Trinajstić information content (AvgIpc) is 2.84. The molecule has 0 saturated heterocycles. The number of H-pyrrole nitrogens is 1. The number of aryl methyl sites for hydroxylation is 2. The second-order valence-electron chi connectivity index (χ2n) is 4.79. The van der Waals surface area contributed by atoms with E-state index in [0.29, 0.717) is 0 Å². The number of hydrogen-bond donors (Lipinski definition) is 1. The average molecular weight is 236 g/mol. The lowest BCUT2D eigenvalue weighted by atomic mass is 10.2. The molecule has 1 N–H and O–H groups in total. The second-order valence-corrected chi connectivity index (χ2v) is 4.79. The number of rotatable bonds is 0. The van der Waals surface area contributed by atoms with Gasteiger partial charge in [-0.15, -0.1) is 0 Å². The van der Waals surface area contributed by atoms with Crippen molar-refractivity contribution < 1.29 is 4.42 Å². The molecule has 3 aromatic heterocycles. The highest BCUT2D eigenvalue weighted by molar-refractivity contribution is 6.13. The van der Waals surface area contributed by atoms with E-state index in [1.165, 1.54) is 5.56 Å². The quantitative estimate of drug-likeness (QED) is 0.500. The fourth-order valence-electron chi connectivity index (χ4n) is 2.45. The zero-order valence-corrected chi connectivity index (χ0v) is 10.2. The number of aromatic nitrogens is 2. The first-order chi connectivity index (χ1) is 8.72. The van der Waals surface area contributed by atoms with Gasteiger partial charge < -0.3 is 9.40 Å². The van der Waals surface area contributed by atoms with Crippen LogP contribution in [0.4, 0.5) is 0 Å². The van der Waals surface area contributed by atoms with Crippen LogP contribution in [-0.2, 0) is 0 Å². The van der Waals surface area contributed by atoms with E-state index in [9.17, 15) is 0 Å². The molecule has 3 heterocycles. The molecule has 3 nitrogen and oxygen atoms in total. The maximum atomic E-state index is 5.91. The van der Waals surface area contributed by atoms with Crippen LogP contribution in [0, 0.1) is 13.8 Å². The molecular formula is C15H12N2O. The maximum absolute atomic E-state index is 5.91. The van der Waals surface area contributed by atoms with Gasteiger partial charge in [0.1, 0.15) is 11.0 Å². The Morgan fingerprint density at radius 1 is 1.11 bits per heavy atom. The van der Waals surface area contributed by atoms with Gasteiger partial charge >= 0.3 is 0 Å². The Kier molecular flexibility index (Phi) is 1.69. The van der Waals surface area contributed by atoms with Crippen LogP contribution < -0.4 is 0 Å². The Bertz CT molecular complexity index is 899. The summed E-state index contributed by atoms with van der Waals surface area (Å²) in [6.45, 7) is 4.11. The van der Waals surface area contributed by atoms with Gasteiger partial charge in [-0.05, 0) is 43.7 Å². The lowest BCUT2D eigenvalue weighted by molar-refractivity contribution is 0.672. The third-order valence-electron chi connectivity index (χ3n) is 3.35. The molecule has 1 aromatic carbocycles. The van der Waals surface area contributed by atoms with Gasteiger partial charge in [-0.2, -0.15) is 0 Å². The van der Waals surface area contributed by atoms with Crippen LogP contribution in [0.1, 0.15) is 11.3 Å². The zero-order valence-electron chi connectivity index (χ0n) is 10.2. The number of fused-ring (bicyclic) bond motifs is 5. The van der Waals surface area contributed by atoms with Crippen LogP contribution in [0.3, 0.4) is 0 Å². The molecule has 0 aliphatic heterocycles. The number of nitrogens with zero attached hydrogens (tertiary/aromatic N) is 1. The zero-order chi connectivity index (χ0) is 12.3. The van der Waals surface area contributed by atoms with E-state index in [4.69, 9.17) is 4.42 Å². The third kappa shape index (κ3) is 1.16. The maximum Gasteiger partial charge on any atom is 0.164 e. The van der Waals surface area contributed by atoms with Gasteiger partial charge in [0.05, 0.1) is 5.52 Å². The summed E-state index contributed by atoms with van der Waals surface area (Å²) in [6, 6.07) is 10.3. The van der Waals surface area contributed by atoms with Crippen LogP contribution in [0.25, 0.3) is 33.1 Å². The van der Waals surface area contributed by atoms with E-state index in [-0.39, 0.29) is 0 Å². The van der Waals surface area contributed by atoms with Gasteiger partial charge in [-0.1, -0.05) is 6.07 Å². The summed E-state index contributed by atoms with van der Waals surface area (Å²) in [7, 11) is 0. The fourth-order valence-corrected chi connectivity index (χ4v) is 2.45. The van der Waals surface area contributed by atoms with Crippen molar-refractivity contribution >= 4 is 33.1 Å². The molecule has 0 radical (unpaired) electrons. The van der Waals surface area contributed by atoms with Crippen LogP contribution >= 0.6 is 0 Å². The summed E-state index contributed by atoms with van der Waals surface area (Å²) in [4.78, 5) is 8.01. The molecule has 0 unspecified atom stereocenters. The third-order valence-corrected chi connectivity index (χ3v) is 3.35. The Morgan fingerprint density at radius 3 is 2.89 bits per heavy atom. The van der Waals surface area contributed by atoms with Gasteiger partial charge in [-0.25, -0.2) is 4.98 Å². The van der Waals surface area contributed by atoms with Crippen molar-refractivity contribution in [2.45, 2.75) is 13.8 Å². The van der Waals surface area contributed by atoms with Crippen molar-refractivity contribution in [3.8, 4) is 0 Å². The minimum atomic E-state index is 0.862. The lowest BCUT2D eigenvalue weighted by Gasteiger charge is -1.94. The number of nitrogens with one attached hydrogen (secondary N) is 1. The molecule has 0 saturated carbocycles. The Labute approximate surface area is 103 Å². The predicted octanol–water partition coefficient (Wildman–Crippen LogP) is 4.08. The Morgan fingerprint density at radius 2 is 2.00 bits per heavy atom. The van der Waals surface area contributed by atoms with Crippen LogP contribution in [0.2, 0.25) is 0 Å². The van der Waals surface area contributed by atoms with Gasteiger partial charge in [-0.3, -0.25) is 0 Å². The molecule has 0 atom stereocenters. The molecule has 0 bridgehead atoms. The van der Waals surface area contributed by atoms with E-state index in [1.54, 1.807) is 0 Å². The Hall–Kier alpha value is -2.29. The summed E-state index contributed by atoms with van der Waals surface area (Å²) in [5, 5.41) is 1.08. The van der Waals surface area contributed by atoms with Crippen molar-refractivity contribution in [1.82, 2.24) is 9.97 Å². The van der Waals surface area contributed by atoms with E-state index in [0.717, 1.165) is 38.8 Å². The number of benzene rings is 1. The normalized spacial score (nSPS) is 11.9. The van der Waals surface area contributed by atoms with Crippen LogP contribution in [-0.4, -0.2) is 9.97 Å². The highest BCUT2D eigenvalue weighted by Gasteiger charge is 2.14. The number of hydrogen-bond acceptors (Lipinski definition) is 2. The summed E-state index contributed by atoms with van der Waals surface area (Å²) in [6.07, 6.45) is 0. The molecule has 18 heavy (non-hydrogen) atoms. The van der Waals surface area contributed by atoms with Crippen molar-refractivity contribution in [2.75, 3.05) is 0 Å². The highest BCUT2D eigenvalue weighted by Crippen LogP contribution is 2.33. The molecular weight excluding hydrogens is 224 g/mol. The summed E-state index contributed by atoms with van der Waals surface area (Å²) >= 11 is 0. The molecule has 0 aliphatic carbocycles. The first-order valence-electron chi connectivity index (χ1n) is 6.00. The van der Waals surface area contributed by atoms with E-state index in [2.05, 4.69) is 35.1 Å². The van der Waals surface area contributed by atoms with Crippen molar-refractivity contribution in [2.24, 2.45) is 0 Å². The van der Waals surface area contributed by atoms with Crippen molar-refractivity contribution in [3.63, 3.8) is 0 Å². The van der Waals surface area contributed by atoms with Crippen molar-refractivity contribution in [3.05, 3.63) is 41.6 Å². The van der Waals surface area contributed by atoms with Gasteiger partial charge in [0.25, 0.3) is 0 Å². The molecule has 3 heteroatoms. The van der Waals surface area contributed by atoms with E-state index < -0.39 is 0 Å². The van der Waals surface area contributed by atoms with Crippen LogP contribution in [0.15, 0.2) is 34.7 Å². The van der Waals surface area contributed by atoms with Gasteiger partial charge in [0.15, 0.2) is 11.2 Å². The number of pyridine rings is 1. The van der Waals surface area contributed by atoms with Crippen molar-refractivity contribution in [1.29, 1.82) is 0 Å². The second kappa shape index (κ2) is 3.13. The largest absolute Gasteiger partial charge is 0.452 e. The topological polar surface area (TPSA) is 41.8 Å². The van der Waals surface area contributed by atoms with E-state index in [1.807, 2.05) is 19.1 Å². The van der Waals surface area contributed by atoms with E-state index >= 15 is 0 Å². The minimum absolute atomic E-state index is 0.862. The number of furan rings is 1.